The highest BCUT2D eigenvalue weighted by molar-refractivity contribution is 9.10. The molecule has 0 atom stereocenters. The number of hydrogen-bond donors (Lipinski definition) is 1. The van der Waals surface area contributed by atoms with Gasteiger partial charge in [-0.2, -0.15) is 0 Å². The van der Waals surface area contributed by atoms with Crippen LogP contribution in [0.3, 0.4) is 0 Å². The Labute approximate surface area is 68.8 Å². The third kappa shape index (κ3) is 1.58. The minimum Gasteiger partial charge on any atom is -0.385 e. The summed E-state index contributed by atoms with van der Waals surface area (Å²) in [6.07, 6.45) is 0. The molecule has 0 spiro atoms. The van der Waals surface area contributed by atoms with E-state index >= 15 is 0 Å². The number of halogens is 1. The lowest BCUT2D eigenvalue weighted by atomic mass is 10.2. The SMILES string of the molecule is Cc1ccc([CH]O)cc1Br. The largest absolute Gasteiger partial charge is 0.385 e. The van der Waals surface area contributed by atoms with E-state index in [1.54, 1.807) is 0 Å². The van der Waals surface area contributed by atoms with Crippen LogP contribution >= 0.6 is 15.9 Å². The molecule has 2 heteroatoms. The summed E-state index contributed by atoms with van der Waals surface area (Å²) in [6, 6.07) is 5.68. The maximum absolute atomic E-state index is 8.61. The second-order valence-electron chi connectivity index (χ2n) is 2.14. The maximum atomic E-state index is 8.61. The lowest BCUT2D eigenvalue weighted by Crippen LogP contribution is -1.81. The molecule has 0 aliphatic rings. The fourth-order valence-corrected chi connectivity index (χ4v) is 1.09. The summed E-state index contributed by atoms with van der Waals surface area (Å²) in [6.45, 7) is 3.09. The zero-order chi connectivity index (χ0) is 7.56. The van der Waals surface area contributed by atoms with Crippen LogP contribution in [0.5, 0.6) is 0 Å². The van der Waals surface area contributed by atoms with Crippen LogP contribution in [0.1, 0.15) is 11.1 Å². The van der Waals surface area contributed by atoms with E-state index in [0.717, 1.165) is 16.6 Å². The average Bonchev–Trinajstić information content (AvgIpc) is 1.95. The Bertz CT molecular complexity index is 233. The molecule has 0 saturated carbocycles. The van der Waals surface area contributed by atoms with Crippen molar-refractivity contribution in [2.75, 3.05) is 0 Å². The molecule has 0 saturated heterocycles. The second kappa shape index (κ2) is 3.17. The molecular formula is C8H8BrO. The topological polar surface area (TPSA) is 20.2 Å². The standard InChI is InChI=1S/C8H8BrO/c1-6-2-3-7(5-10)4-8(6)9/h2-5,10H,1H3. The number of hydrogen-bond acceptors (Lipinski definition) is 1. The van der Waals surface area contributed by atoms with Crippen LogP contribution in [0.2, 0.25) is 0 Å². The lowest BCUT2D eigenvalue weighted by molar-refractivity contribution is 0.415. The van der Waals surface area contributed by atoms with E-state index in [9.17, 15) is 0 Å². The van der Waals surface area contributed by atoms with Crippen molar-refractivity contribution in [1.29, 1.82) is 0 Å². The van der Waals surface area contributed by atoms with Crippen molar-refractivity contribution in [3.8, 4) is 0 Å². The molecule has 53 valence electrons. The van der Waals surface area contributed by atoms with Crippen LogP contribution in [0.15, 0.2) is 22.7 Å². The molecule has 1 radical (unpaired) electrons. The van der Waals surface area contributed by atoms with Gasteiger partial charge in [0.1, 0.15) is 6.61 Å². The predicted molar refractivity (Wildman–Crippen MR) is 44.2 cm³/mol. The normalized spacial score (nSPS) is 9.90. The van der Waals surface area contributed by atoms with Crippen LogP contribution in [0, 0.1) is 13.5 Å². The molecule has 0 bridgehead atoms. The van der Waals surface area contributed by atoms with Crippen molar-refractivity contribution < 1.29 is 5.11 Å². The Balaban J connectivity index is 3.04. The molecule has 0 aromatic heterocycles. The molecule has 0 unspecified atom stereocenters. The van der Waals surface area contributed by atoms with Crippen molar-refractivity contribution in [2.45, 2.75) is 6.92 Å². The van der Waals surface area contributed by atoms with Gasteiger partial charge in [0.05, 0.1) is 0 Å². The summed E-state index contributed by atoms with van der Waals surface area (Å²) in [5.74, 6) is 0. The monoisotopic (exact) mass is 199 g/mol. The zero-order valence-electron chi connectivity index (χ0n) is 5.63. The molecule has 1 aromatic rings. The quantitative estimate of drug-likeness (QED) is 0.738. The molecule has 1 N–H and O–H groups in total. The Morgan fingerprint density at radius 1 is 1.50 bits per heavy atom. The Morgan fingerprint density at radius 3 is 2.70 bits per heavy atom. The third-order valence-electron chi connectivity index (χ3n) is 1.34. The van der Waals surface area contributed by atoms with Crippen LogP contribution in [-0.4, -0.2) is 5.11 Å². The molecular weight excluding hydrogens is 192 g/mol. The zero-order valence-corrected chi connectivity index (χ0v) is 7.22. The molecule has 10 heavy (non-hydrogen) atoms. The van der Waals surface area contributed by atoms with Gasteiger partial charge in [-0.05, 0) is 24.1 Å². The van der Waals surface area contributed by atoms with Gasteiger partial charge < -0.3 is 5.11 Å². The van der Waals surface area contributed by atoms with E-state index in [4.69, 9.17) is 5.11 Å². The summed E-state index contributed by atoms with van der Waals surface area (Å²) in [4.78, 5) is 0. The minimum absolute atomic E-state index is 0.817. The van der Waals surface area contributed by atoms with Gasteiger partial charge in [0, 0.05) is 4.47 Å². The average molecular weight is 200 g/mol. The number of benzene rings is 1. The molecule has 1 aromatic carbocycles. The molecule has 0 aliphatic heterocycles. The van der Waals surface area contributed by atoms with Crippen molar-refractivity contribution in [3.63, 3.8) is 0 Å². The first kappa shape index (κ1) is 7.76. The summed E-state index contributed by atoms with van der Waals surface area (Å²) >= 11 is 3.36. The van der Waals surface area contributed by atoms with Crippen LogP contribution in [-0.2, 0) is 0 Å². The van der Waals surface area contributed by atoms with Gasteiger partial charge in [0.25, 0.3) is 0 Å². The Hall–Kier alpha value is -0.340. The molecule has 0 aliphatic carbocycles. The van der Waals surface area contributed by atoms with Crippen LogP contribution in [0.25, 0.3) is 0 Å². The van der Waals surface area contributed by atoms with E-state index in [-0.39, 0.29) is 0 Å². The first-order valence-electron chi connectivity index (χ1n) is 2.97. The predicted octanol–water partition coefficient (Wildman–Crippen LogP) is 2.64. The summed E-state index contributed by atoms with van der Waals surface area (Å²) in [7, 11) is 0. The number of aliphatic hydroxyl groups is 1. The van der Waals surface area contributed by atoms with E-state index in [0.29, 0.717) is 0 Å². The van der Waals surface area contributed by atoms with Gasteiger partial charge in [0.15, 0.2) is 0 Å². The molecule has 0 fully saturated rings. The smallest absolute Gasteiger partial charge is 0.109 e. The van der Waals surface area contributed by atoms with Crippen molar-refractivity contribution in [3.05, 3.63) is 40.4 Å². The first-order chi connectivity index (χ1) is 4.74. The van der Waals surface area contributed by atoms with Crippen LogP contribution in [0.4, 0.5) is 0 Å². The van der Waals surface area contributed by atoms with E-state index < -0.39 is 0 Å². The van der Waals surface area contributed by atoms with Crippen molar-refractivity contribution in [2.24, 2.45) is 0 Å². The van der Waals surface area contributed by atoms with Gasteiger partial charge in [-0.3, -0.25) is 0 Å². The first-order valence-corrected chi connectivity index (χ1v) is 3.77. The van der Waals surface area contributed by atoms with Gasteiger partial charge in [0.2, 0.25) is 0 Å². The molecule has 1 nitrogen and oxygen atoms in total. The van der Waals surface area contributed by atoms with Gasteiger partial charge in [-0.15, -0.1) is 0 Å². The van der Waals surface area contributed by atoms with Gasteiger partial charge >= 0.3 is 0 Å². The molecule has 1 rings (SSSR count). The Kier molecular flexibility index (Phi) is 2.46. The molecule has 0 amide bonds. The third-order valence-corrected chi connectivity index (χ3v) is 2.20. The number of aliphatic hydroxyl groups excluding tert-OH is 1. The molecule has 0 heterocycles. The van der Waals surface area contributed by atoms with Crippen molar-refractivity contribution in [1.82, 2.24) is 0 Å². The fraction of sp³-hybridized carbons (Fsp3) is 0.125. The Morgan fingerprint density at radius 2 is 2.20 bits per heavy atom. The summed E-state index contributed by atoms with van der Waals surface area (Å²) < 4.78 is 1.02. The van der Waals surface area contributed by atoms with E-state index in [1.165, 1.54) is 5.56 Å². The minimum atomic E-state index is 0.817. The summed E-state index contributed by atoms with van der Waals surface area (Å²) in [5, 5.41) is 8.61. The fourth-order valence-electron chi connectivity index (χ4n) is 0.689. The number of rotatable bonds is 1. The van der Waals surface area contributed by atoms with Crippen LogP contribution < -0.4 is 0 Å². The second-order valence-corrected chi connectivity index (χ2v) is 2.99. The van der Waals surface area contributed by atoms with E-state index in [2.05, 4.69) is 15.9 Å². The number of aryl methyl sites for hydroxylation is 1. The maximum Gasteiger partial charge on any atom is 0.109 e. The lowest BCUT2D eigenvalue weighted by Gasteiger charge is -1.98. The van der Waals surface area contributed by atoms with Gasteiger partial charge in [-0.25, -0.2) is 0 Å². The highest BCUT2D eigenvalue weighted by atomic mass is 79.9. The summed E-state index contributed by atoms with van der Waals surface area (Å²) in [5.41, 5.74) is 1.99. The van der Waals surface area contributed by atoms with E-state index in [1.807, 2.05) is 25.1 Å². The van der Waals surface area contributed by atoms with Gasteiger partial charge in [-0.1, -0.05) is 28.1 Å². The van der Waals surface area contributed by atoms with Crippen molar-refractivity contribution >= 4 is 15.9 Å². The highest BCUT2D eigenvalue weighted by Crippen LogP contribution is 2.17. The highest BCUT2D eigenvalue weighted by Gasteiger charge is 1.94.